The van der Waals surface area contributed by atoms with Crippen LogP contribution in [0.5, 0.6) is 0 Å². The first-order valence-electron chi connectivity index (χ1n) is 8.00. The third-order valence-corrected chi connectivity index (χ3v) is 5.09. The molecule has 0 saturated heterocycles. The van der Waals surface area contributed by atoms with Crippen molar-refractivity contribution in [1.82, 2.24) is 4.57 Å². The Hall–Kier alpha value is -1.57. The van der Waals surface area contributed by atoms with E-state index in [1.54, 1.807) is 0 Å². The van der Waals surface area contributed by atoms with Crippen molar-refractivity contribution in [1.29, 1.82) is 0 Å². The molecule has 2 aromatic rings. The van der Waals surface area contributed by atoms with Crippen LogP contribution in [0.25, 0.3) is 10.8 Å². The van der Waals surface area contributed by atoms with E-state index in [0.29, 0.717) is 6.04 Å². The lowest BCUT2D eigenvalue weighted by Gasteiger charge is -2.26. The monoisotopic (exact) mass is 267 g/mol. The number of rotatable bonds is 1. The van der Waals surface area contributed by atoms with Crippen molar-refractivity contribution in [3.63, 3.8) is 0 Å². The Kier molecular flexibility index (Phi) is 2.90. The lowest BCUT2D eigenvalue weighted by atomic mass is 9.89. The number of benzene rings is 1. The number of hydrogen-bond acceptors (Lipinski definition) is 1. The number of hydrogen-bond donors (Lipinski definition) is 0. The highest BCUT2D eigenvalue weighted by Crippen LogP contribution is 2.31. The maximum atomic E-state index is 12.8. The van der Waals surface area contributed by atoms with Crippen LogP contribution in [-0.4, -0.2) is 4.57 Å². The molecular formula is C18H21NO. The third-order valence-electron chi connectivity index (χ3n) is 5.09. The largest absolute Gasteiger partial charge is 0.312 e. The molecule has 2 heteroatoms. The molecule has 20 heavy (non-hydrogen) atoms. The van der Waals surface area contributed by atoms with Crippen molar-refractivity contribution in [2.75, 3.05) is 0 Å². The molecule has 1 aromatic heterocycles. The Labute approximate surface area is 119 Å². The van der Waals surface area contributed by atoms with Gasteiger partial charge in [-0.1, -0.05) is 31.4 Å². The minimum atomic E-state index is 0.236. The van der Waals surface area contributed by atoms with E-state index < -0.39 is 0 Å². The summed E-state index contributed by atoms with van der Waals surface area (Å²) in [6.45, 7) is 0. The second-order valence-electron chi connectivity index (χ2n) is 6.35. The van der Waals surface area contributed by atoms with Crippen LogP contribution in [0, 0.1) is 0 Å². The summed E-state index contributed by atoms with van der Waals surface area (Å²) in [5.74, 6) is 0. The Bertz CT molecular complexity index is 707. The molecule has 0 bridgehead atoms. The predicted molar refractivity (Wildman–Crippen MR) is 82.4 cm³/mol. The summed E-state index contributed by atoms with van der Waals surface area (Å²) in [4.78, 5) is 12.8. The molecule has 2 aliphatic carbocycles. The van der Waals surface area contributed by atoms with Crippen molar-refractivity contribution < 1.29 is 0 Å². The summed E-state index contributed by atoms with van der Waals surface area (Å²) in [7, 11) is 0. The highest BCUT2D eigenvalue weighted by molar-refractivity contribution is 5.88. The summed E-state index contributed by atoms with van der Waals surface area (Å²) in [6.07, 6.45) is 11.9. The highest BCUT2D eigenvalue weighted by Gasteiger charge is 2.21. The molecule has 1 aromatic carbocycles. The number of pyridine rings is 1. The van der Waals surface area contributed by atoms with Gasteiger partial charge >= 0.3 is 0 Å². The average Bonchev–Trinajstić information content (AvgIpc) is 2.52. The topological polar surface area (TPSA) is 22.0 Å². The zero-order valence-corrected chi connectivity index (χ0v) is 11.9. The van der Waals surface area contributed by atoms with E-state index in [1.165, 1.54) is 55.0 Å². The van der Waals surface area contributed by atoms with Crippen LogP contribution < -0.4 is 5.56 Å². The number of aromatic nitrogens is 1. The molecule has 1 heterocycles. The van der Waals surface area contributed by atoms with Gasteiger partial charge in [-0.05, 0) is 54.7 Å². The van der Waals surface area contributed by atoms with Gasteiger partial charge in [0, 0.05) is 17.6 Å². The van der Waals surface area contributed by atoms with E-state index in [4.69, 9.17) is 0 Å². The zero-order chi connectivity index (χ0) is 13.5. The Balaban J connectivity index is 1.95. The van der Waals surface area contributed by atoms with Gasteiger partial charge in [-0.15, -0.1) is 0 Å². The lowest BCUT2D eigenvalue weighted by molar-refractivity contribution is 0.346. The minimum absolute atomic E-state index is 0.236. The van der Waals surface area contributed by atoms with Crippen molar-refractivity contribution in [2.45, 2.75) is 57.4 Å². The fourth-order valence-electron chi connectivity index (χ4n) is 4.09. The Morgan fingerprint density at radius 2 is 1.75 bits per heavy atom. The van der Waals surface area contributed by atoms with Gasteiger partial charge in [0.2, 0.25) is 0 Å². The molecule has 0 radical (unpaired) electrons. The maximum Gasteiger partial charge on any atom is 0.258 e. The first-order valence-corrected chi connectivity index (χ1v) is 8.00. The second-order valence-corrected chi connectivity index (χ2v) is 6.35. The van der Waals surface area contributed by atoms with Gasteiger partial charge in [-0.2, -0.15) is 0 Å². The van der Waals surface area contributed by atoms with E-state index >= 15 is 0 Å². The molecule has 4 rings (SSSR count). The molecule has 1 fully saturated rings. The third kappa shape index (κ3) is 1.81. The van der Waals surface area contributed by atoms with Gasteiger partial charge in [0.1, 0.15) is 0 Å². The summed E-state index contributed by atoms with van der Waals surface area (Å²) < 4.78 is 2.06. The number of nitrogens with zero attached hydrogens (tertiary/aromatic N) is 1. The Morgan fingerprint density at radius 1 is 0.950 bits per heavy atom. The second kappa shape index (κ2) is 4.76. The summed E-state index contributed by atoms with van der Waals surface area (Å²) in [6, 6.07) is 6.70. The SMILES string of the molecule is O=c1c2cccc3c2c(cn1C1CCCCC1)CCC3. The molecular weight excluding hydrogens is 246 g/mol. The van der Waals surface area contributed by atoms with E-state index in [-0.39, 0.29) is 5.56 Å². The lowest BCUT2D eigenvalue weighted by Crippen LogP contribution is -2.27. The normalized spacial score (nSPS) is 19.4. The molecule has 0 spiro atoms. The number of aryl methyl sites for hydroxylation is 2. The van der Waals surface area contributed by atoms with Crippen molar-refractivity contribution >= 4 is 10.8 Å². The molecule has 0 aliphatic heterocycles. The fraction of sp³-hybridized carbons (Fsp3) is 0.500. The molecule has 2 aliphatic rings. The van der Waals surface area contributed by atoms with Crippen LogP contribution in [0.4, 0.5) is 0 Å². The highest BCUT2D eigenvalue weighted by atomic mass is 16.1. The smallest absolute Gasteiger partial charge is 0.258 e. The fourth-order valence-corrected chi connectivity index (χ4v) is 4.09. The van der Waals surface area contributed by atoms with Crippen LogP contribution in [0.2, 0.25) is 0 Å². The molecule has 104 valence electrons. The van der Waals surface area contributed by atoms with E-state index in [0.717, 1.165) is 18.2 Å². The van der Waals surface area contributed by atoms with Crippen LogP contribution in [0.1, 0.15) is 55.7 Å². The van der Waals surface area contributed by atoms with Gasteiger partial charge in [-0.25, -0.2) is 0 Å². The molecule has 0 amide bonds. The summed E-state index contributed by atoms with van der Waals surface area (Å²) in [5.41, 5.74) is 3.00. The molecule has 0 N–H and O–H groups in total. The Morgan fingerprint density at radius 3 is 2.60 bits per heavy atom. The maximum absolute atomic E-state index is 12.8. The van der Waals surface area contributed by atoms with Crippen molar-refractivity contribution in [2.24, 2.45) is 0 Å². The quantitative estimate of drug-likeness (QED) is 0.765. The van der Waals surface area contributed by atoms with Gasteiger partial charge in [0.05, 0.1) is 0 Å². The van der Waals surface area contributed by atoms with Gasteiger partial charge in [0.15, 0.2) is 0 Å². The van der Waals surface area contributed by atoms with Crippen LogP contribution in [0.15, 0.2) is 29.2 Å². The van der Waals surface area contributed by atoms with E-state index in [1.807, 2.05) is 6.07 Å². The first-order chi connectivity index (χ1) is 9.84. The van der Waals surface area contributed by atoms with Crippen LogP contribution in [0.3, 0.4) is 0 Å². The first kappa shape index (κ1) is 12.2. The summed E-state index contributed by atoms with van der Waals surface area (Å²) >= 11 is 0. The van der Waals surface area contributed by atoms with Gasteiger partial charge in [0.25, 0.3) is 5.56 Å². The average molecular weight is 267 g/mol. The molecule has 1 saturated carbocycles. The van der Waals surface area contributed by atoms with Crippen LogP contribution >= 0.6 is 0 Å². The minimum Gasteiger partial charge on any atom is -0.312 e. The van der Waals surface area contributed by atoms with E-state index in [2.05, 4.69) is 22.9 Å². The van der Waals surface area contributed by atoms with Crippen molar-refractivity contribution in [3.05, 3.63) is 45.9 Å². The van der Waals surface area contributed by atoms with Gasteiger partial charge < -0.3 is 4.57 Å². The zero-order valence-electron chi connectivity index (χ0n) is 11.9. The van der Waals surface area contributed by atoms with Crippen molar-refractivity contribution in [3.8, 4) is 0 Å². The van der Waals surface area contributed by atoms with Crippen LogP contribution in [-0.2, 0) is 12.8 Å². The van der Waals surface area contributed by atoms with Gasteiger partial charge in [-0.3, -0.25) is 4.79 Å². The van der Waals surface area contributed by atoms with E-state index in [9.17, 15) is 4.79 Å². The molecule has 2 nitrogen and oxygen atoms in total. The molecule has 0 atom stereocenters. The standard InChI is InChI=1S/C18H21NO/c20-18-16-11-5-7-13-6-4-8-14(17(13)16)12-19(18)15-9-2-1-3-10-15/h5,7,11-12,15H,1-4,6,8-10H2. The summed E-state index contributed by atoms with van der Waals surface area (Å²) in [5, 5.41) is 2.21. The predicted octanol–water partition coefficient (Wildman–Crippen LogP) is 4.00. The molecule has 0 unspecified atom stereocenters.